The van der Waals surface area contributed by atoms with Crippen molar-refractivity contribution in [2.24, 2.45) is 0 Å². The Balaban J connectivity index is 1.77. The van der Waals surface area contributed by atoms with Crippen LogP contribution in [-0.4, -0.2) is 68.9 Å². The molecule has 1 aliphatic rings. The van der Waals surface area contributed by atoms with E-state index in [2.05, 4.69) is 0 Å². The summed E-state index contributed by atoms with van der Waals surface area (Å²) in [4.78, 5) is 11.1. The van der Waals surface area contributed by atoms with E-state index in [1.165, 1.54) is 11.6 Å². The van der Waals surface area contributed by atoms with Crippen LogP contribution < -0.4 is 10.2 Å². The second-order valence-electron chi connectivity index (χ2n) is 6.39. The zero-order valence-electron chi connectivity index (χ0n) is 14.7. The van der Waals surface area contributed by atoms with Gasteiger partial charge in [0.2, 0.25) is 6.29 Å². The maximum Gasteiger partial charge on any atom is 0.267 e. The Morgan fingerprint density at radius 2 is 1.79 bits per heavy atom. The van der Waals surface area contributed by atoms with E-state index in [0.717, 1.165) is 16.3 Å². The molecule has 150 valence electrons. The van der Waals surface area contributed by atoms with Crippen molar-refractivity contribution < 1.29 is 39.9 Å². The fraction of sp³-hybridized carbons (Fsp3) is 0.316. The number of aliphatic hydroxyl groups excluding tert-OH is 4. The molecule has 5 atom stereocenters. The van der Waals surface area contributed by atoms with Gasteiger partial charge in [-0.2, -0.15) is 0 Å². The fourth-order valence-corrected chi connectivity index (χ4v) is 2.93. The van der Waals surface area contributed by atoms with Crippen LogP contribution in [0.1, 0.15) is 5.56 Å². The molecule has 28 heavy (non-hydrogen) atoms. The van der Waals surface area contributed by atoms with E-state index >= 15 is 0 Å². The number of hydrogen-bond donors (Lipinski definition) is 6. The highest BCUT2D eigenvalue weighted by Crippen LogP contribution is 2.27. The molecule has 2 unspecified atom stereocenters. The van der Waals surface area contributed by atoms with Crippen LogP contribution >= 0.6 is 0 Å². The largest absolute Gasteiger partial charge is 0.462 e. The van der Waals surface area contributed by atoms with Gasteiger partial charge in [-0.25, -0.2) is 5.48 Å². The summed E-state index contributed by atoms with van der Waals surface area (Å²) in [6.45, 7) is -0.535. The molecular formula is C19H21NO8. The minimum Gasteiger partial charge on any atom is -0.462 e. The third kappa shape index (κ3) is 4.30. The van der Waals surface area contributed by atoms with Crippen LogP contribution in [0.4, 0.5) is 0 Å². The molecule has 0 aliphatic carbocycles. The van der Waals surface area contributed by atoms with Crippen LogP contribution in [0, 0.1) is 0 Å². The van der Waals surface area contributed by atoms with Crippen LogP contribution in [0.25, 0.3) is 16.8 Å². The Kier molecular flexibility index (Phi) is 6.25. The molecule has 0 saturated carbocycles. The Morgan fingerprint density at radius 3 is 2.50 bits per heavy atom. The normalized spacial score (nSPS) is 27.8. The lowest BCUT2D eigenvalue weighted by Gasteiger charge is -2.39. The quantitative estimate of drug-likeness (QED) is 0.228. The Labute approximate surface area is 160 Å². The first-order valence-electron chi connectivity index (χ1n) is 8.56. The molecule has 3 rings (SSSR count). The molecule has 0 spiro atoms. The van der Waals surface area contributed by atoms with E-state index in [4.69, 9.17) is 14.7 Å². The second kappa shape index (κ2) is 8.65. The van der Waals surface area contributed by atoms with E-state index in [-0.39, 0.29) is 0 Å². The Hall–Kier alpha value is -2.53. The van der Waals surface area contributed by atoms with Crippen LogP contribution in [0.2, 0.25) is 0 Å². The highest BCUT2D eigenvalue weighted by atomic mass is 16.7. The van der Waals surface area contributed by atoms with Gasteiger partial charge in [-0.15, -0.1) is 0 Å². The van der Waals surface area contributed by atoms with Crippen molar-refractivity contribution in [2.75, 3.05) is 6.61 Å². The van der Waals surface area contributed by atoms with Crippen LogP contribution in [0.5, 0.6) is 5.75 Å². The van der Waals surface area contributed by atoms with Gasteiger partial charge in [-0.3, -0.25) is 10.0 Å². The SMILES string of the molecule is O=C(/C=C/c1ccc2cc(O[C@H]3OC(CO)[C@@H](O)[C@H](O)C3O)ccc2c1)NO. The van der Waals surface area contributed by atoms with Gasteiger partial charge in [0.05, 0.1) is 6.61 Å². The molecule has 2 aromatic carbocycles. The molecule has 1 saturated heterocycles. The maximum absolute atomic E-state index is 11.1. The molecule has 0 bridgehead atoms. The summed E-state index contributed by atoms with van der Waals surface area (Å²) in [5.41, 5.74) is 2.26. The highest BCUT2D eigenvalue weighted by molar-refractivity contribution is 5.92. The number of fused-ring (bicyclic) bond motifs is 1. The van der Waals surface area contributed by atoms with E-state index in [0.29, 0.717) is 5.75 Å². The van der Waals surface area contributed by atoms with E-state index in [1.807, 2.05) is 6.07 Å². The smallest absolute Gasteiger partial charge is 0.267 e. The number of ether oxygens (including phenoxy) is 2. The summed E-state index contributed by atoms with van der Waals surface area (Å²) in [6.07, 6.45) is -4.01. The zero-order chi connectivity index (χ0) is 20.3. The summed E-state index contributed by atoms with van der Waals surface area (Å²) < 4.78 is 10.9. The van der Waals surface area contributed by atoms with E-state index in [1.54, 1.807) is 36.4 Å². The minimum atomic E-state index is -1.51. The summed E-state index contributed by atoms with van der Waals surface area (Å²) >= 11 is 0. The molecule has 0 radical (unpaired) electrons. The average Bonchev–Trinajstić information content (AvgIpc) is 2.72. The first-order chi connectivity index (χ1) is 13.4. The van der Waals surface area contributed by atoms with Gasteiger partial charge < -0.3 is 29.9 Å². The predicted molar refractivity (Wildman–Crippen MR) is 97.3 cm³/mol. The Bertz CT molecular complexity index is 868. The van der Waals surface area contributed by atoms with Crippen LogP contribution in [0.3, 0.4) is 0 Å². The molecule has 2 aromatic rings. The number of rotatable bonds is 5. The van der Waals surface area contributed by atoms with Gasteiger partial charge in [-0.1, -0.05) is 18.2 Å². The van der Waals surface area contributed by atoms with Gasteiger partial charge in [0.15, 0.2) is 0 Å². The lowest BCUT2D eigenvalue weighted by atomic mass is 9.99. The van der Waals surface area contributed by atoms with Crippen molar-refractivity contribution in [3.8, 4) is 5.75 Å². The van der Waals surface area contributed by atoms with Crippen molar-refractivity contribution in [2.45, 2.75) is 30.7 Å². The van der Waals surface area contributed by atoms with Crippen molar-refractivity contribution in [1.29, 1.82) is 0 Å². The van der Waals surface area contributed by atoms with Gasteiger partial charge in [0, 0.05) is 6.08 Å². The van der Waals surface area contributed by atoms with E-state index in [9.17, 15) is 25.2 Å². The average molecular weight is 391 g/mol. The molecule has 6 N–H and O–H groups in total. The van der Waals surface area contributed by atoms with Crippen LogP contribution in [-0.2, 0) is 9.53 Å². The summed E-state index contributed by atoms with van der Waals surface area (Å²) in [7, 11) is 0. The third-order valence-electron chi connectivity index (χ3n) is 4.47. The number of benzene rings is 2. The lowest BCUT2D eigenvalue weighted by Crippen LogP contribution is -2.60. The highest BCUT2D eigenvalue weighted by Gasteiger charge is 2.44. The zero-order valence-corrected chi connectivity index (χ0v) is 14.7. The summed E-state index contributed by atoms with van der Waals surface area (Å²) in [5, 5.41) is 49.1. The number of aliphatic hydroxyl groups is 4. The Morgan fingerprint density at radius 1 is 1.07 bits per heavy atom. The van der Waals surface area contributed by atoms with Gasteiger partial charge in [0.1, 0.15) is 30.2 Å². The topological polar surface area (TPSA) is 149 Å². The molecule has 0 aromatic heterocycles. The van der Waals surface area contributed by atoms with Gasteiger partial charge >= 0.3 is 0 Å². The molecule has 1 amide bonds. The van der Waals surface area contributed by atoms with Gasteiger partial charge in [-0.05, 0) is 40.6 Å². The van der Waals surface area contributed by atoms with Gasteiger partial charge in [0.25, 0.3) is 5.91 Å². The van der Waals surface area contributed by atoms with Crippen molar-refractivity contribution in [3.63, 3.8) is 0 Å². The first-order valence-corrected chi connectivity index (χ1v) is 8.56. The molecule has 9 heteroatoms. The molecule has 1 aliphatic heterocycles. The first kappa shape index (κ1) is 20.2. The number of hydroxylamine groups is 1. The monoisotopic (exact) mass is 391 g/mol. The minimum absolute atomic E-state index is 0.361. The maximum atomic E-state index is 11.1. The standard InChI is InChI=1S/C19H21NO8/c21-9-14-16(23)17(24)18(25)19(28-14)27-13-5-4-11-7-10(1-3-12(11)8-13)2-6-15(22)20-26/h1-8,14,16-19,21,23-26H,9H2,(H,20,22)/b6-2+/t14?,16-,17+,18?,19+/m1/s1. The third-order valence-corrected chi connectivity index (χ3v) is 4.47. The van der Waals surface area contributed by atoms with Crippen molar-refractivity contribution >= 4 is 22.8 Å². The molecule has 1 heterocycles. The molecular weight excluding hydrogens is 370 g/mol. The summed E-state index contributed by atoms with van der Waals surface area (Å²) in [6, 6.07) is 10.5. The number of nitrogens with one attached hydrogen (secondary N) is 1. The van der Waals surface area contributed by atoms with Crippen molar-refractivity contribution in [1.82, 2.24) is 5.48 Å². The number of amides is 1. The number of hydrogen-bond acceptors (Lipinski definition) is 8. The fourth-order valence-electron chi connectivity index (χ4n) is 2.93. The summed E-state index contributed by atoms with van der Waals surface area (Å²) in [5.74, 6) is -0.275. The number of carbonyl (C=O) groups excluding carboxylic acids is 1. The second-order valence-corrected chi connectivity index (χ2v) is 6.39. The number of carbonyl (C=O) groups is 1. The molecule has 1 fully saturated rings. The molecule has 9 nitrogen and oxygen atoms in total. The van der Waals surface area contributed by atoms with E-state index < -0.39 is 43.2 Å². The van der Waals surface area contributed by atoms with Crippen LogP contribution in [0.15, 0.2) is 42.5 Å². The predicted octanol–water partition coefficient (Wildman–Crippen LogP) is -0.463. The van der Waals surface area contributed by atoms with Crippen molar-refractivity contribution in [3.05, 3.63) is 48.0 Å². The lowest BCUT2D eigenvalue weighted by molar-refractivity contribution is -0.277.